The first kappa shape index (κ1) is 12.2. The van der Waals surface area contributed by atoms with Crippen LogP contribution in [0.1, 0.15) is 17.3 Å². The molecule has 0 aromatic heterocycles. The number of hydrogen-bond acceptors (Lipinski definition) is 5. The lowest BCUT2D eigenvalue weighted by Crippen LogP contribution is -2.06. The number of hydrogen-bond donors (Lipinski definition) is 1. The average molecular weight is 225 g/mol. The van der Waals surface area contributed by atoms with Crippen LogP contribution in [0.15, 0.2) is 12.1 Å². The van der Waals surface area contributed by atoms with Crippen molar-refractivity contribution in [2.75, 3.05) is 26.6 Å². The van der Waals surface area contributed by atoms with Gasteiger partial charge in [0.15, 0.2) is 0 Å². The Morgan fingerprint density at radius 2 is 1.75 bits per heavy atom. The van der Waals surface area contributed by atoms with E-state index in [-0.39, 0.29) is 0 Å². The Morgan fingerprint density at radius 3 is 2.12 bits per heavy atom. The molecule has 0 radical (unpaired) electrons. The van der Waals surface area contributed by atoms with Crippen LogP contribution in [0.5, 0.6) is 11.5 Å². The third-order valence-corrected chi connectivity index (χ3v) is 2.06. The standard InChI is InChI=1S/C11H15NO4/c1-4-16-11(13)7-5-8(14-2)10(12)9(6-7)15-3/h5-6H,4,12H2,1-3H3. The number of esters is 1. The Kier molecular flexibility index (Phi) is 3.99. The van der Waals surface area contributed by atoms with Gasteiger partial charge in [-0.2, -0.15) is 0 Å². The Bertz CT molecular complexity index is 365. The summed E-state index contributed by atoms with van der Waals surface area (Å²) in [6, 6.07) is 3.05. The predicted octanol–water partition coefficient (Wildman–Crippen LogP) is 1.46. The Morgan fingerprint density at radius 1 is 1.25 bits per heavy atom. The van der Waals surface area contributed by atoms with Crippen molar-refractivity contribution in [2.24, 2.45) is 0 Å². The maximum absolute atomic E-state index is 11.5. The van der Waals surface area contributed by atoms with Crippen LogP contribution < -0.4 is 15.2 Å². The van der Waals surface area contributed by atoms with E-state index in [0.29, 0.717) is 29.4 Å². The quantitative estimate of drug-likeness (QED) is 0.620. The van der Waals surface area contributed by atoms with Gasteiger partial charge in [0.05, 0.1) is 26.4 Å². The fourth-order valence-electron chi connectivity index (χ4n) is 1.27. The summed E-state index contributed by atoms with van der Waals surface area (Å²) in [6.07, 6.45) is 0. The highest BCUT2D eigenvalue weighted by atomic mass is 16.5. The van der Waals surface area contributed by atoms with Crippen molar-refractivity contribution in [2.45, 2.75) is 6.92 Å². The summed E-state index contributed by atoms with van der Waals surface area (Å²) < 4.78 is 15.0. The number of ether oxygens (including phenoxy) is 3. The number of benzene rings is 1. The van der Waals surface area contributed by atoms with E-state index >= 15 is 0 Å². The largest absolute Gasteiger partial charge is 0.494 e. The van der Waals surface area contributed by atoms with Crippen molar-refractivity contribution >= 4 is 11.7 Å². The lowest BCUT2D eigenvalue weighted by molar-refractivity contribution is 0.0525. The van der Waals surface area contributed by atoms with E-state index in [1.807, 2.05) is 0 Å². The molecule has 16 heavy (non-hydrogen) atoms. The number of nitrogens with two attached hydrogens (primary N) is 1. The zero-order chi connectivity index (χ0) is 12.1. The minimum atomic E-state index is -0.431. The van der Waals surface area contributed by atoms with E-state index < -0.39 is 5.97 Å². The lowest BCUT2D eigenvalue weighted by Gasteiger charge is -2.11. The minimum absolute atomic E-state index is 0.313. The van der Waals surface area contributed by atoms with Crippen LogP contribution in [-0.2, 0) is 4.74 Å². The van der Waals surface area contributed by atoms with Crippen LogP contribution in [-0.4, -0.2) is 26.8 Å². The van der Waals surface area contributed by atoms with Crippen LogP contribution in [0.2, 0.25) is 0 Å². The van der Waals surface area contributed by atoms with Crippen molar-refractivity contribution in [3.8, 4) is 11.5 Å². The van der Waals surface area contributed by atoms with Gasteiger partial charge in [0.1, 0.15) is 17.2 Å². The summed E-state index contributed by atoms with van der Waals surface area (Å²) in [5, 5.41) is 0. The number of carbonyl (C=O) groups is 1. The average Bonchev–Trinajstić information content (AvgIpc) is 2.29. The molecule has 1 aromatic carbocycles. The van der Waals surface area contributed by atoms with Crippen molar-refractivity contribution in [3.05, 3.63) is 17.7 Å². The second kappa shape index (κ2) is 5.25. The number of carbonyl (C=O) groups excluding carboxylic acids is 1. The summed E-state index contributed by atoms with van der Waals surface area (Å²) in [5.41, 5.74) is 6.46. The van der Waals surface area contributed by atoms with Crippen LogP contribution in [0.3, 0.4) is 0 Å². The predicted molar refractivity (Wildman–Crippen MR) is 59.9 cm³/mol. The van der Waals surface area contributed by atoms with E-state index in [2.05, 4.69) is 0 Å². The highest BCUT2D eigenvalue weighted by Crippen LogP contribution is 2.33. The minimum Gasteiger partial charge on any atom is -0.494 e. The summed E-state index contributed by atoms with van der Waals surface area (Å²) in [6.45, 7) is 2.05. The topological polar surface area (TPSA) is 70.8 Å². The zero-order valence-corrected chi connectivity index (χ0v) is 9.57. The molecule has 0 amide bonds. The molecular formula is C11H15NO4. The molecule has 88 valence electrons. The van der Waals surface area contributed by atoms with Crippen LogP contribution in [0, 0.1) is 0 Å². The van der Waals surface area contributed by atoms with Gasteiger partial charge in [-0.25, -0.2) is 4.79 Å². The van der Waals surface area contributed by atoms with Gasteiger partial charge in [-0.1, -0.05) is 0 Å². The Hall–Kier alpha value is -1.91. The summed E-state index contributed by atoms with van der Waals surface area (Å²) in [5.74, 6) is 0.351. The first-order valence-corrected chi connectivity index (χ1v) is 4.82. The molecular weight excluding hydrogens is 210 g/mol. The van der Waals surface area contributed by atoms with E-state index in [9.17, 15) is 4.79 Å². The number of anilines is 1. The van der Waals surface area contributed by atoms with Gasteiger partial charge in [0.25, 0.3) is 0 Å². The molecule has 0 aliphatic carbocycles. The zero-order valence-electron chi connectivity index (χ0n) is 9.57. The van der Waals surface area contributed by atoms with Crippen molar-refractivity contribution < 1.29 is 19.0 Å². The summed E-state index contributed by atoms with van der Waals surface area (Å²) >= 11 is 0. The Labute approximate surface area is 94.1 Å². The molecule has 0 saturated heterocycles. The van der Waals surface area contributed by atoms with Gasteiger partial charge in [-0.05, 0) is 19.1 Å². The molecule has 1 rings (SSSR count). The first-order valence-electron chi connectivity index (χ1n) is 4.82. The molecule has 0 heterocycles. The van der Waals surface area contributed by atoms with Crippen LogP contribution >= 0.6 is 0 Å². The highest BCUT2D eigenvalue weighted by molar-refractivity contribution is 5.92. The fourth-order valence-corrected chi connectivity index (χ4v) is 1.27. The SMILES string of the molecule is CCOC(=O)c1cc(OC)c(N)c(OC)c1. The van der Waals surface area contributed by atoms with Crippen LogP contribution in [0.25, 0.3) is 0 Å². The third-order valence-electron chi connectivity index (χ3n) is 2.06. The molecule has 1 aromatic rings. The Balaban J connectivity index is 3.16. The molecule has 0 fully saturated rings. The normalized spacial score (nSPS) is 9.69. The third kappa shape index (κ3) is 2.36. The van der Waals surface area contributed by atoms with Gasteiger partial charge in [0.2, 0.25) is 0 Å². The van der Waals surface area contributed by atoms with Crippen molar-refractivity contribution in [1.82, 2.24) is 0 Å². The summed E-state index contributed by atoms with van der Waals surface area (Å²) in [7, 11) is 2.94. The van der Waals surface area contributed by atoms with E-state index in [1.54, 1.807) is 6.92 Å². The fraction of sp³-hybridized carbons (Fsp3) is 0.364. The molecule has 0 atom stereocenters. The molecule has 0 unspecified atom stereocenters. The lowest BCUT2D eigenvalue weighted by atomic mass is 10.1. The second-order valence-corrected chi connectivity index (χ2v) is 3.01. The molecule has 0 bridgehead atoms. The van der Waals surface area contributed by atoms with Crippen LogP contribution in [0.4, 0.5) is 5.69 Å². The first-order chi connectivity index (χ1) is 7.63. The van der Waals surface area contributed by atoms with E-state index in [4.69, 9.17) is 19.9 Å². The van der Waals surface area contributed by atoms with E-state index in [0.717, 1.165) is 0 Å². The molecule has 0 aliphatic heterocycles. The second-order valence-electron chi connectivity index (χ2n) is 3.01. The smallest absolute Gasteiger partial charge is 0.338 e. The number of methoxy groups -OCH3 is 2. The van der Waals surface area contributed by atoms with Gasteiger partial charge in [-0.15, -0.1) is 0 Å². The summed E-state index contributed by atoms with van der Waals surface area (Å²) in [4.78, 5) is 11.5. The maximum atomic E-state index is 11.5. The molecule has 0 saturated carbocycles. The van der Waals surface area contributed by atoms with E-state index in [1.165, 1.54) is 26.4 Å². The van der Waals surface area contributed by atoms with Crippen molar-refractivity contribution in [3.63, 3.8) is 0 Å². The van der Waals surface area contributed by atoms with Gasteiger partial charge < -0.3 is 19.9 Å². The number of rotatable bonds is 4. The number of nitrogen functional groups attached to an aromatic ring is 1. The molecule has 0 aliphatic rings. The van der Waals surface area contributed by atoms with Gasteiger partial charge in [0, 0.05) is 0 Å². The molecule has 2 N–H and O–H groups in total. The van der Waals surface area contributed by atoms with Crippen molar-refractivity contribution in [1.29, 1.82) is 0 Å². The monoisotopic (exact) mass is 225 g/mol. The molecule has 5 nitrogen and oxygen atoms in total. The molecule has 5 heteroatoms. The maximum Gasteiger partial charge on any atom is 0.338 e. The van der Waals surface area contributed by atoms with Gasteiger partial charge in [-0.3, -0.25) is 0 Å². The molecule has 0 spiro atoms. The van der Waals surface area contributed by atoms with Gasteiger partial charge >= 0.3 is 5.97 Å². The highest BCUT2D eigenvalue weighted by Gasteiger charge is 2.14.